The van der Waals surface area contributed by atoms with Gasteiger partial charge < -0.3 is 0 Å². The first-order valence-corrected chi connectivity index (χ1v) is 8.43. The predicted octanol–water partition coefficient (Wildman–Crippen LogP) is 6.52. The number of hydrogen-bond donors (Lipinski definition) is 0. The first-order chi connectivity index (χ1) is 10.6. The average Bonchev–Trinajstić information content (AvgIpc) is 2.80. The Labute approximate surface area is 150 Å². The van der Waals surface area contributed by atoms with Crippen LogP contribution in [0, 0.1) is 0 Å². The first-order valence-electron chi connectivity index (χ1n) is 6.80. The van der Waals surface area contributed by atoms with Gasteiger partial charge in [0, 0.05) is 16.2 Å². The Morgan fingerprint density at radius 2 is 1.32 bits per heavy atom. The first kappa shape index (κ1) is 16.0. The SMILES string of the molecule is ClC1=C(c2ccccc2)/C(=C(/Cl)c2ccccc2)C(Cl)C1Cl. The summed E-state index contributed by atoms with van der Waals surface area (Å²) in [4.78, 5) is 0. The molecule has 1 aliphatic carbocycles. The maximum Gasteiger partial charge on any atom is 0.0903 e. The normalized spacial score (nSPS) is 23.8. The average molecular weight is 370 g/mol. The van der Waals surface area contributed by atoms with Crippen molar-refractivity contribution in [2.24, 2.45) is 0 Å². The van der Waals surface area contributed by atoms with E-state index in [9.17, 15) is 0 Å². The van der Waals surface area contributed by atoms with Crippen LogP contribution in [0.2, 0.25) is 0 Å². The van der Waals surface area contributed by atoms with Gasteiger partial charge >= 0.3 is 0 Å². The number of allylic oxidation sites excluding steroid dienone is 3. The number of hydrogen-bond acceptors (Lipinski definition) is 0. The summed E-state index contributed by atoms with van der Waals surface area (Å²) in [5.74, 6) is 0. The van der Waals surface area contributed by atoms with Crippen LogP contribution in [0.1, 0.15) is 11.1 Å². The number of rotatable bonds is 2. The third-order valence-corrected chi connectivity index (χ3v) is 5.64. The van der Waals surface area contributed by atoms with Gasteiger partial charge in [-0.25, -0.2) is 0 Å². The highest BCUT2D eigenvalue weighted by Gasteiger charge is 2.38. The van der Waals surface area contributed by atoms with Crippen molar-refractivity contribution in [1.29, 1.82) is 0 Å². The molecule has 2 atom stereocenters. The molecular weight excluding hydrogens is 358 g/mol. The molecule has 0 bridgehead atoms. The van der Waals surface area contributed by atoms with Crippen LogP contribution in [0.25, 0.3) is 10.6 Å². The van der Waals surface area contributed by atoms with E-state index >= 15 is 0 Å². The smallest absolute Gasteiger partial charge is 0.0903 e. The van der Waals surface area contributed by atoms with E-state index in [1.54, 1.807) is 0 Å². The molecule has 3 rings (SSSR count). The Hall–Kier alpha value is -0.920. The van der Waals surface area contributed by atoms with Crippen LogP contribution in [0.5, 0.6) is 0 Å². The zero-order chi connectivity index (χ0) is 15.7. The Balaban J connectivity index is 2.21. The van der Waals surface area contributed by atoms with E-state index in [1.165, 1.54) is 0 Å². The van der Waals surface area contributed by atoms with E-state index in [0.717, 1.165) is 22.3 Å². The molecule has 0 N–H and O–H groups in total. The number of alkyl halides is 2. The summed E-state index contributed by atoms with van der Waals surface area (Å²) in [7, 11) is 0. The molecule has 112 valence electrons. The van der Waals surface area contributed by atoms with Gasteiger partial charge in [0.05, 0.1) is 15.8 Å². The van der Waals surface area contributed by atoms with Crippen LogP contribution in [0.15, 0.2) is 71.3 Å². The molecule has 0 radical (unpaired) electrons. The Morgan fingerprint density at radius 3 is 1.91 bits per heavy atom. The van der Waals surface area contributed by atoms with Crippen LogP contribution in [-0.2, 0) is 0 Å². The standard InChI is InChI=1S/C18H12Cl4/c19-15(12-9-5-2-6-10-12)14-13(11-7-3-1-4-8-11)16(20)18(22)17(14)21/h1-10,17-18H/b15-14-. The zero-order valence-corrected chi connectivity index (χ0v) is 14.5. The minimum absolute atomic E-state index is 0.461. The van der Waals surface area contributed by atoms with E-state index in [0.29, 0.717) is 10.1 Å². The fourth-order valence-corrected chi connectivity index (χ4v) is 3.92. The lowest BCUT2D eigenvalue weighted by Gasteiger charge is -2.14. The summed E-state index contributed by atoms with van der Waals surface area (Å²) in [6.45, 7) is 0. The Morgan fingerprint density at radius 1 is 0.773 bits per heavy atom. The van der Waals surface area contributed by atoms with E-state index in [4.69, 9.17) is 46.4 Å². The van der Waals surface area contributed by atoms with Crippen molar-refractivity contribution in [3.63, 3.8) is 0 Å². The van der Waals surface area contributed by atoms with Crippen molar-refractivity contribution in [2.45, 2.75) is 10.8 Å². The Kier molecular flexibility index (Phi) is 4.84. The van der Waals surface area contributed by atoms with Crippen LogP contribution in [-0.4, -0.2) is 10.8 Å². The summed E-state index contributed by atoms with van der Waals surface area (Å²) in [5.41, 5.74) is 3.47. The molecule has 0 heterocycles. The van der Waals surface area contributed by atoms with Gasteiger partial charge in [0.1, 0.15) is 0 Å². The number of halogens is 4. The lowest BCUT2D eigenvalue weighted by Crippen LogP contribution is -2.11. The van der Waals surface area contributed by atoms with Crippen molar-refractivity contribution in [3.05, 3.63) is 82.4 Å². The molecule has 0 fully saturated rings. The van der Waals surface area contributed by atoms with Gasteiger partial charge in [-0.3, -0.25) is 0 Å². The van der Waals surface area contributed by atoms with Gasteiger partial charge in [0.15, 0.2) is 0 Å². The Bertz CT molecular complexity index is 732. The van der Waals surface area contributed by atoms with Gasteiger partial charge in [-0.15, -0.1) is 23.2 Å². The molecule has 0 aliphatic heterocycles. The molecule has 2 aromatic carbocycles. The highest BCUT2D eigenvalue weighted by molar-refractivity contribution is 6.54. The molecule has 1 aliphatic rings. The molecule has 4 heteroatoms. The van der Waals surface area contributed by atoms with Gasteiger partial charge in [-0.2, -0.15) is 0 Å². The second-order valence-corrected chi connectivity index (χ2v) is 6.71. The minimum atomic E-state index is -0.481. The fraction of sp³-hybridized carbons (Fsp3) is 0.111. The molecule has 0 saturated carbocycles. The van der Waals surface area contributed by atoms with Gasteiger partial charge in [-0.1, -0.05) is 83.9 Å². The zero-order valence-electron chi connectivity index (χ0n) is 11.4. The molecule has 0 spiro atoms. The van der Waals surface area contributed by atoms with Gasteiger partial charge in [0.2, 0.25) is 0 Å². The van der Waals surface area contributed by atoms with E-state index in [2.05, 4.69) is 0 Å². The highest BCUT2D eigenvalue weighted by Crippen LogP contribution is 2.49. The van der Waals surface area contributed by atoms with Crippen LogP contribution < -0.4 is 0 Å². The van der Waals surface area contributed by atoms with Crippen LogP contribution in [0.4, 0.5) is 0 Å². The quantitative estimate of drug-likeness (QED) is 0.529. The third-order valence-electron chi connectivity index (χ3n) is 3.61. The van der Waals surface area contributed by atoms with Crippen molar-refractivity contribution in [1.82, 2.24) is 0 Å². The second kappa shape index (κ2) is 6.68. The molecule has 0 aromatic heterocycles. The van der Waals surface area contributed by atoms with E-state index in [1.807, 2.05) is 60.7 Å². The molecule has 2 aromatic rings. The molecule has 0 amide bonds. The van der Waals surface area contributed by atoms with Crippen molar-refractivity contribution in [3.8, 4) is 0 Å². The molecule has 0 nitrogen and oxygen atoms in total. The van der Waals surface area contributed by atoms with Crippen LogP contribution >= 0.6 is 46.4 Å². The summed E-state index contributed by atoms with van der Waals surface area (Å²) < 4.78 is 0. The van der Waals surface area contributed by atoms with Crippen molar-refractivity contribution < 1.29 is 0 Å². The lowest BCUT2D eigenvalue weighted by atomic mass is 9.98. The summed E-state index contributed by atoms with van der Waals surface area (Å²) >= 11 is 26.0. The minimum Gasteiger partial charge on any atom is -0.116 e. The highest BCUT2D eigenvalue weighted by atomic mass is 35.5. The maximum atomic E-state index is 6.63. The third kappa shape index (κ3) is 2.81. The summed E-state index contributed by atoms with van der Waals surface area (Å²) in [6.07, 6.45) is 0. The molecule has 2 unspecified atom stereocenters. The van der Waals surface area contributed by atoms with E-state index < -0.39 is 10.8 Å². The molecule has 22 heavy (non-hydrogen) atoms. The molecule has 0 saturated heterocycles. The van der Waals surface area contributed by atoms with Gasteiger partial charge in [-0.05, 0) is 11.1 Å². The maximum absolute atomic E-state index is 6.63. The van der Waals surface area contributed by atoms with Gasteiger partial charge in [0.25, 0.3) is 0 Å². The fourth-order valence-electron chi connectivity index (χ4n) is 2.55. The monoisotopic (exact) mass is 368 g/mol. The lowest BCUT2D eigenvalue weighted by molar-refractivity contribution is 1.07. The van der Waals surface area contributed by atoms with Crippen molar-refractivity contribution in [2.75, 3.05) is 0 Å². The summed E-state index contributed by atoms with van der Waals surface area (Å²) in [6, 6.07) is 19.5. The molecular formula is C18H12Cl4. The summed E-state index contributed by atoms with van der Waals surface area (Å²) in [5, 5.41) is 0.181. The van der Waals surface area contributed by atoms with E-state index in [-0.39, 0.29) is 0 Å². The number of benzene rings is 2. The predicted molar refractivity (Wildman–Crippen MR) is 97.7 cm³/mol. The topological polar surface area (TPSA) is 0 Å². The van der Waals surface area contributed by atoms with Crippen LogP contribution in [0.3, 0.4) is 0 Å². The van der Waals surface area contributed by atoms with Crippen molar-refractivity contribution >= 4 is 57.0 Å². The second-order valence-electron chi connectivity index (χ2n) is 4.99. The largest absolute Gasteiger partial charge is 0.116 e.